The van der Waals surface area contributed by atoms with E-state index in [9.17, 15) is 4.79 Å². The van der Waals surface area contributed by atoms with Gasteiger partial charge in [-0.05, 0) is 40.2 Å². The van der Waals surface area contributed by atoms with E-state index in [4.69, 9.17) is 4.42 Å². The molecule has 4 heteroatoms. The Morgan fingerprint density at radius 1 is 1.50 bits per heavy atom. The number of carbonyl (C=O) groups excluding carboxylic acids is 1. The molecule has 1 amide bonds. The molecule has 0 aliphatic heterocycles. The van der Waals surface area contributed by atoms with Crippen LogP contribution in [0.15, 0.2) is 10.5 Å². The van der Waals surface area contributed by atoms with Gasteiger partial charge >= 0.3 is 0 Å². The molecule has 0 atom stereocenters. The van der Waals surface area contributed by atoms with Crippen LogP contribution in [-0.2, 0) is 0 Å². The van der Waals surface area contributed by atoms with Crippen LogP contribution >= 0.6 is 15.9 Å². The van der Waals surface area contributed by atoms with Gasteiger partial charge in [0.15, 0.2) is 0 Å². The Kier molecular flexibility index (Phi) is 4.19. The van der Waals surface area contributed by atoms with Gasteiger partial charge in [-0.25, -0.2) is 0 Å². The predicted octanol–water partition coefficient (Wildman–Crippen LogP) is 3.19. The summed E-state index contributed by atoms with van der Waals surface area (Å²) in [6.45, 7) is 7.66. The molecule has 90 valence electrons. The SMILES string of the molecule is Cc1cc(C(=O)NC(C)(C)CCBr)c(C)o1. The number of amides is 1. The normalized spacial score (nSPS) is 11.6. The monoisotopic (exact) mass is 287 g/mol. The lowest BCUT2D eigenvalue weighted by Crippen LogP contribution is -2.43. The highest BCUT2D eigenvalue weighted by Gasteiger charge is 2.22. The third-order valence-electron chi connectivity index (χ3n) is 2.46. The van der Waals surface area contributed by atoms with Gasteiger partial charge < -0.3 is 9.73 Å². The van der Waals surface area contributed by atoms with Gasteiger partial charge in [0.25, 0.3) is 5.91 Å². The summed E-state index contributed by atoms with van der Waals surface area (Å²) in [6.07, 6.45) is 0.884. The zero-order chi connectivity index (χ0) is 12.3. The highest BCUT2D eigenvalue weighted by molar-refractivity contribution is 9.09. The second-order valence-electron chi connectivity index (χ2n) is 4.60. The molecule has 1 aromatic rings. The highest BCUT2D eigenvalue weighted by Crippen LogP contribution is 2.16. The number of nitrogens with one attached hydrogen (secondary N) is 1. The minimum absolute atomic E-state index is 0.0692. The first-order valence-corrected chi connectivity index (χ1v) is 6.43. The van der Waals surface area contributed by atoms with Gasteiger partial charge in [-0.1, -0.05) is 15.9 Å². The number of furan rings is 1. The number of rotatable bonds is 4. The maximum atomic E-state index is 12.0. The van der Waals surface area contributed by atoms with Crippen LogP contribution in [0, 0.1) is 13.8 Å². The number of aryl methyl sites for hydroxylation is 2. The fourth-order valence-electron chi connectivity index (χ4n) is 1.53. The van der Waals surface area contributed by atoms with Crippen molar-refractivity contribution in [3.63, 3.8) is 0 Å². The highest BCUT2D eigenvalue weighted by atomic mass is 79.9. The average Bonchev–Trinajstić information content (AvgIpc) is 2.44. The quantitative estimate of drug-likeness (QED) is 0.865. The van der Waals surface area contributed by atoms with Crippen molar-refractivity contribution < 1.29 is 9.21 Å². The molecule has 0 bridgehead atoms. The zero-order valence-electron chi connectivity index (χ0n) is 10.2. The van der Waals surface area contributed by atoms with Crippen molar-refractivity contribution in [3.05, 3.63) is 23.2 Å². The molecule has 0 saturated heterocycles. The standard InChI is InChI=1S/C12H18BrNO2/c1-8-7-10(9(2)16-8)11(15)14-12(3,4)5-6-13/h7H,5-6H2,1-4H3,(H,14,15). The van der Waals surface area contributed by atoms with Gasteiger partial charge in [0.05, 0.1) is 5.56 Å². The molecule has 0 aliphatic carbocycles. The van der Waals surface area contributed by atoms with Crippen LogP contribution < -0.4 is 5.32 Å². The van der Waals surface area contributed by atoms with Crippen LogP contribution in [0.4, 0.5) is 0 Å². The average molecular weight is 288 g/mol. The molecule has 0 unspecified atom stereocenters. The number of hydrogen-bond acceptors (Lipinski definition) is 2. The maximum Gasteiger partial charge on any atom is 0.255 e. The van der Waals surface area contributed by atoms with E-state index in [0.717, 1.165) is 17.5 Å². The van der Waals surface area contributed by atoms with Crippen molar-refractivity contribution >= 4 is 21.8 Å². The smallest absolute Gasteiger partial charge is 0.255 e. The maximum absolute atomic E-state index is 12.0. The van der Waals surface area contributed by atoms with E-state index in [0.29, 0.717) is 11.3 Å². The summed E-state index contributed by atoms with van der Waals surface area (Å²) < 4.78 is 5.34. The van der Waals surface area contributed by atoms with Crippen molar-refractivity contribution in [3.8, 4) is 0 Å². The Balaban J connectivity index is 2.76. The molecular formula is C12H18BrNO2. The minimum Gasteiger partial charge on any atom is -0.466 e. The lowest BCUT2D eigenvalue weighted by Gasteiger charge is -2.25. The molecule has 1 heterocycles. The third kappa shape index (κ3) is 3.37. The van der Waals surface area contributed by atoms with Gasteiger partial charge in [-0.15, -0.1) is 0 Å². The van der Waals surface area contributed by atoms with E-state index in [2.05, 4.69) is 21.2 Å². The molecule has 0 saturated carbocycles. The molecule has 0 aliphatic rings. The summed E-state index contributed by atoms with van der Waals surface area (Å²) in [7, 11) is 0. The van der Waals surface area contributed by atoms with Crippen LogP contribution in [0.1, 0.15) is 42.1 Å². The summed E-state index contributed by atoms with van der Waals surface area (Å²) in [5.74, 6) is 1.37. The van der Waals surface area contributed by atoms with Crippen molar-refractivity contribution in [1.82, 2.24) is 5.32 Å². The largest absolute Gasteiger partial charge is 0.466 e. The summed E-state index contributed by atoms with van der Waals surface area (Å²) in [6, 6.07) is 1.77. The molecule has 16 heavy (non-hydrogen) atoms. The zero-order valence-corrected chi connectivity index (χ0v) is 11.8. The van der Waals surface area contributed by atoms with Gasteiger partial charge in [-0.2, -0.15) is 0 Å². The Bertz CT molecular complexity index is 382. The molecule has 0 radical (unpaired) electrons. The van der Waals surface area contributed by atoms with Crippen molar-refractivity contribution in [2.75, 3.05) is 5.33 Å². The van der Waals surface area contributed by atoms with Gasteiger partial charge in [0, 0.05) is 10.9 Å². The fourth-order valence-corrected chi connectivity index (χ4v) is 2.52. The molecule has 1 rings (SSSR count). The third-order valence-corrected chi connectivity index (χ3v) is 2.85. The Morgan fingerprint density at radius 3 is 2.56 bits per heavy atom. The van der Waals surface area contributed by atoms with E-state index < -0.39 is 0 Å². The molecule has 3 nitrogen and oxygen atoms in total. The van der Waals surface area contributed by atoms with E-state index in [1.165, 1.54) is 0 Å². The second kappa shape index (κ2) is 5.04. The van der Waals surface area contributed by atoms with E-state index in [1.807, 2.05) is 20.8 Å². The number of alkyl halides is 1. The summed E-state index contributed by atoms with van der Waals surface area (Å²) in [5, 5.41) is 3.86. The first kappa shape index (κ1) is 13.3. The number of halogens is 1. The number of hydrogen-bond donors (Lipinski definition) is 1. The topological polar surface area (TPSA) is 42.2 Å². The van der Waals surface area contributed by atoms with Crippen molar-refractivity contribution in [2.45, 2.75) is 39.7 Å². The Labute approximate surface area is 105 Å². The molecular weight excluding hydrogens is 270 g/mol. The van der Waals surface area contributed by atoms with Crippen LogP contribution in [0.5, 0.6) is 0 Å². The summed E-state index contributed by atoms with van der Waals surface area (Å²) >= 11 is 3.38. The summed E-state index contributed by atoms with van der Waals surface area (Å²) in [4.78, 5) is 12.0. The van der Waals surface area contributed by atoms with Gasteiger partial charge in [0.1, 0.15) is 11.5 Å². The number of carbonyl (C=O) groups is 1. The fraction of sp³-hybridized carbons (Fsp3) is 0.583. The van der Waals surface area contributed by atoms with Crippen LogP contribution in [0.3, 0.4) is 0 Å². The van der Waals surface area contributed by atoms with Crippen LogP contribution in [0.2, 0.25) is 0 Å². The van der Waals surface area contributed by atoms with E-state index in [-0.39, 0.29) is 11.4 Å². The van der Waals surface area contributed by atoms with Gasteiger partial charge in [-0.3, -0.25) is 4.79 Å². The molecule has 1 N–H and O–H groups in total. The van der Waals surface area contributed by atoms with Crippen molar-refractivity contribution in [2.24, 2.45) is 0 Å². The Hall–Kier alpha value is -0.770. The van der Waals surface area contributed by atoms with E-state index >= 15 is 0 Å². The van der Waals surface area contributed by atoms with Crippen LogP contribution in [-0.4, -0.2) is 16.8 Å². The minimum atomic E-state index is -0.210. The second-order valence-corrected chi connectivity index (χ2v) is 5.40. The molecule has 1 aromatic heterocycles. The lowest BCUT2D eigenvalue weighted by molar-refractivity contribution is 0.0910. The van der Waals surface area contributed by atoms with E-state index in [1.54, 1.807) is 13.0 Å². The first-order valence-electron chi connectivity index (χ1n) is 5.31. The molecule has 0 spiro atoms. The first-order chi connectivity index (χ1) is 7.35. The molecule has 0 fully saturated rings. The Morgan fingerprint density at radius 2 is 2.12 bits per heavy atom. The summed E-state index contributed by atoms with van der Waals surface area (Å²) in [5.41, 5.74) is 0.415. The molecule has 0 aromatic carbocycles. The predicted molar refractivity (Wildman–Crippen MR) is 68.1 cm³/mol. The lowest BCUT2D eigenvalue weighted by atomic mass is 10.0. The van der Waals surface area contributed by atoms with Crippen LogP contribution in [0.25, 0.3) is 0 Å². The van der Waals surface area contributed by atoms with Gasteiger partial charge in [0.2, 0.25) is 0 Å². The van der Waals surface area contributed by atoms with Crippen molar-refractivity contribution in [1.29, 1.82) is 0 Å².